The first-order valence-electron chi connectivity index (χ1n) is 6.08. The van der Waals surface area contributed by atoms with Gasteiger partial charge in [0, 0.05) is 26.1 Å². The summed E-state index contributed by atoms with van der Waals surface area (Å²) < 4.78 is 0. The molecule has 98 valence electrons. The minimum atomic E-state index is -0.859. The first-order chi connectivity index (χ1) is 7.91. The second-order valence-electron chi connectivity index (χ2n) is 4.99. The second-order valence-corrected chi connectivity index (χ2v) is 4.99. The summed E-state index contributed by atoms with van der Waals surface area (Å²) in [6, 6.07) is 0.324. The Morgan fingerprint density at radius 3 is 2.65 bits per heavy atom. The Labute approximate surface area is 102 Å². The van der Waals surface area contributed by atoms with E-state index in [1.807, 2.05) is 7.05 Å². The molecule has 0 spiro atoms. The quantitative estimate of drug-likeness (QED) is 0.769. The standard InChI is InChI=1S/C12H22N2O3/c1-9(12(16)17)8-14(3)11(15)7-10-5-4-6-13(10)2/h9-10H,4-8H2,1-3H3,(H,16,17). The lowest BCUT2D eigenvalue weighted by Crippen LogP contribution is -2.37. The molecule has 0 bridgehead atoms. The highest BCUT2D eigenvalue weighted by Gasteiger charge is 2.25. The molecule has 1 aliphatic rings. The van der Waals surface area contributed by atoms with Crippen molar-refractivity contribution in [2.24, 2.45) is 5.92 Å². The Morgan fingerprint density at radius 2 is 2.18 bits per heavy atom. The van der Waals surface area contributed by atoms with Crippen molar-refractivity contribution < 1.29 is 14.7 Å². The summed E-state index contributed by atoms with van der Waals surface area (Å²) in [6.07, 6.45) is 2.70. The van der Waals surface area contributed by atoms with Crippen molar-refractivity contribution in [2.45, 2.75) is 32.2 Å². The average Bonchev–Trinajstić information content (AvgIpc) is 2.64. The van der Waals surface area contributed by atoms with Crippen molar-refractivity contribution in [1.82, 2.24) is 9.80 Å². The number of carboxylic acid groups (broad SMARTS) is 1. The SMILES string of the molecule is CC(CN(C)C(=O)CC1CCCN1C)C(=O)O. The lowest BCUT2D eigenvalue weighted by Gasteiger charge is -2.24. The van der Waals surface area contributed by atoms with E-state index in [-0.39, 0.29) is 12.5 Å². The summed E-state index contributed by atoms with van der Waals surface area (Å²) >= 11 is 0. The lowest BCUT2D eigenvalue weighted by atomic mass is 10.1. The van der Waals surface area contributed by atoms with Gasteiger partial charge in [-0.15, -0.1) is 0 Å². The van der Waals surface area contributed by atoms with Crippen LogP contribution in [0.5, 0.6) is 0 Å². The number of nitrogens with zero attached hydrogens (tertiary/aromatic N) is 2. The molecule has 0 radical (unpaired) electrons. The maximum atomic E-state index is 11.9. The summed E-state index contributed by atoms with van der Waals surface area (Å²) in [7, 11) is 3.71. The predicted octanol–water partition coefficient (Wildman–Crippen LogP) is 0.650. The van der Waals surface area contributed by atoms with Crippen molar-refractivity contribution in [1.29, 1.82) is 0 Å². The molecule has 1 rings (SSSR count). The van der Waals surface area contributed by atoms with Crippen LogP contribution >= 0.6 is 0 Å². The van der Waals surface area contributed by atoms with E-state index in [2.05, 4.69) is 4.90 Å². The summed E-state index contributed by atoms with van der Waals surface area (Å²) in [6.45, 7) is 2.95. The van der Waals surface area contributed by atoms with Crippen LogP contribution in [0, 0.1) is 5.92 Å². The largest absolute Gasteiger partial charge is 0.481 e. The third-order valence-electron chi connectivity index (χ3n) is 3.48. The number of carbonyl (C=O) groups is 2. The van der Waals surface area contributed by atoms with Crippen molar-refractivity contribution in [3.8, 4) is 0 Å². The van der Waals surface area contributed by atoms with Crippen LogP contribution in [-0.2, 0) is 9.59 Å². The fourth-order valence-electron chi connectivity index (χ4n) is 2.19. The number of likely N-dealkylation sites (tertiary alicyclic amines) is 1. The first-order valence-corrected chi connectivity index (χ1v) is 6.08. The molecule has 5 nitrogen and oxygen atoms in total. The zero-order valence-electron chi connectivity index (χ0n) is 10.8. The molecule has 0 aromatic heterocycles. The number of carbonyl (C=O) groups excluding carboxylic acids is 1. The number of rotatable bonds is 5. The molecule has 0 saturated carbocycles. The Hall–Kier alpha value is -1.10. The molecular weight excluding hydrogens is 220 g/mol. The highest BCUT2D eigenvalue weighted by Crippen LogP contribution is 2.18. The third kappa shape index (κ3) is 4.00. The summed E-state index contributed by atoms with van der Waals surface area (Å²) in [4.78, 5) is 26.4. The monoisotopic (exact) mass is 242 g/mol. The van der Waals surface area contributed by atoms with E-state index in [0.29, 0.717) is 12.5 Å². The minimum Gasteiger partial charge on any atom is -0.481 e. The van der Waals surface area contributed by atoms with Gasteiger partial charge >= 0.3 is 5.97 Å². The van der Waals surface area contributed by atoms with Crippen molar-refractivity contribution in [3.63, 3.8) is 0 Å². The van der Waals surface area contributed by atoms with Gasteiger partial charge in [0.25, 0.3) is 0 Å². The topological polar surface area (TPSA) is 60.9 Å². The predicted molar refractivity (Wildman–Crippen MR) is 64.7 cm³/mol. The van der Waals surface area contributed by atoms with Gasteiger partial charge in [-0.2, -0.15) is 0 Å². The molecule has 0 aliphatic carbocycles. The van der Waals surface area contributed by atoms with Crippen LogP contribution in [0.1, 0.15) is 26.2 Å². The van der Waals surface area contributed by atoms with Crippen LogP contribution < -0.4 is 0 Å². The summed E-state index contributed by atoms with van der Waals surface area (Å²) in [5.41, 5.74) is 0. The minimum absolute atomic E-state index is 0.0388. The molecular formula is C12H22N2O3. The van der Waals surface area contributed by atoms with Crippen LogP contribution in [0.2, 0.25) is 0 Å². The van der Waals surface area contributed by atoms with Crippen LogP contribution in [0.4, 0.5) is 0 Å². The van der Waals surface area contributed by atoms with Gasteiger partial charge in [0.2, 0.25) is 5.91 Å². The second kappa shape index (κ2) is 6.00. The molecule has 1 fully saturated rings. The number of carboxylic acids is 1. The van der Waals surface area contributed by atoms with E-state index in [4.69, 9.17) is 5.11 Å². The Bertz CT molecular complexity index is 293. The Kier molecular flexibility index (Phi) is 4.93. The fourth-order valence-corrected chi connectivity index (χ4v) is 2.19. The number of hydrogen-bond donors (Lipinski definition) is 1. The van der Waals surface area contributed by atoms with Gasteiger partial charge in [-0.1, -0.05) is 6.92 Å². The molecule has 1 heterocycles. The number of aliphatic carboxylic acids is 1. The fraction of sp³-hybridized carbons (Fsp3) is 0.833. The Morgan fingerprint density at radius 1 is 1.53 bits per heavy atom. The van der Waals surface area contributed by atoms with E-state index in [1.54, 1.807) is 14.0 Å². The van der Waals surface area contributed by atoms with E-state index in [1.165, 1.54) is 4.90 Å². The number of amides is 1. The highest BCUT2D eigenvalue weighted by molar-refractivity contribution is 5.77. The maximum absolute atomic E-state index is 11.9. The molecule has 5 heteroatoms. The molecule has 17 heavy (non-hydrogen) atoms. The van der Waals surface area contributed by atoms with Gasteiger partial charge < -0.3 is 14.9 Å². The summed E-state index contributed by atoms with van der Waals surface area (Å²) in [5.74, 6) is -1.33. The zero-order valence-corrected chi connectivity index (χ0v) is 10.8. The van der Waals surface area contributed by atoms with E-state index in [9.17, 15) is 9.59 Å². The van der Waals surface area contributed by atoms with Crippen LogP contribution in [-0.4, -0.2) is 60.0 Å². The normalized spacial score (nSPS) is 22.4. The maximum Gasteiger partial charge on any atom is 0.308 e. The van der Waals surface area contributed by atoms with Crippen molar-refractivity contribution in [2.75, 3.05) is 27.2 Å². The molecule has 1 N–H and O–H groups in total. The van der Waals surface area contributed by atoms with Gasteiger partial charge in [0.05, 0.1) is 5.92 Å². The molecule has 1 aliphatic heterocycles. The van der Waals surface area contributed by atoms with Gasteiger partial charge in [-0.05, 0) is 26.4 Å². The molecule has 2 atom stereocenters. The van der Waals surface area contributed by atoms with E-state index < -0.39 is 11.9 Å². The highest BCUT2D eigenvalue weighted by atomic mass is 16.4. The van der Waals surface area contributed by atoms with Gasteiger partial charge in [0.1, 0.15) is 0 Å². The molecule has 0 aromatic carbocycles. The van der Waals surface area contributed by atoms with Crippen molar-refractivity contribution >= 4 is 11.9 Å². The smallest absolute Gasteiger partial charge is 0.308 e. The third-order valence-corrected chi connectivity index (χ3v) is 3.48. The molecule has 1 saturated heterocycles. The first kappa shape index (κ1) is 14.0. The van der Waals surface area contributed by atoms with Gasteiger partial charge in [-0.25, -0.2) is 0 Å². The van der Waals surface area contributed by atoms with Crippen molar-refractivity contribution in [3.05, 3.63) is 0 Å². The van der Waals surface area contributed by atoms with Crippen LogP contribution in [0.15, 0.2) is 0 Å². The van der Waals surface area contributed by atoms with Crippen LogP contribution in [0.25, 0.3) is 0 Å². The molecule has 0 aromatic rings. The number of hydrogen-bond acceptors (Lipinski definition) is 3. The van der Waals surface area contributed by atoms with E-state index >= 15 is 0 Å². The van der Waals surface area contributed by atoms with Crippen LogP contribution in [0.3, 0.4) is 0 Å². The molecule has 1 amide bonds. The van der Waals surface area contributed by atoms with Gasteiger partial charge in [0.15, 0.2) is 0 Å². The molecule has 2 unspecified atom stereocenters. The van der Waals surface area contributed by atoms with Gasteiger partial charge in [-0.3, -0.25) is 9.59 Å². The zero-order chi connectivity index (χ0) is 13.0. The average molecular weight is 242 g/mol. The van der Waals surface area contributed by atoms with E-state index in [0.717, 1.165) is 19.4 Å². The lowest BCUT2D eigenvalue weighted by molar-refractivity contribution is -0.142. The Balaban J connectivity index is 2.39. The summed E-state index contributed by atoms with van der Waals surface area (Å²) in [5, 5.41) is 8.79.